The van der Waals surface area contributed by atoms with Crippen molar-refractivity contribution in [3.63, 3.8) is 0 Å². The summed E-state index contributed by atoms with van der Waals surface area (Å²) in [5.41, 5.74) is -0.110. The second-order valence-electron chi connectivity index (χ2n) is 8.35. The van der Waals surface area contributed by atoms with E-state index in [9.17, 15) is 18.0 Å². The molecule has 33 heavy (non-hydrogen) atoms. The molecular weight excluding hydrogens is 457 g/mol. The number of aromatic nitrogens is 4. The largest absolute Gasteiger partial charge is 0.356 e. The molecule has 7 nitrogen and oxygen atoms in total. The topological polar surface area (TPSA) is 67.2 Å². The van der Waals surface area contributed by atoms with Crippen molar-refractivity contribution in [2.45, 2.75) is 37.6 Å². The molecule has 1 spiro atoms. The first-order valence-electron chi connectivity index (χ1n) is 10.6. The molecular formula is C22H20ClF3N6O. The number of carbonyl (C=O) groups excluding carboxylic acids is 1. The van der Waals surface area contributed by atoms with E-state index >= 15 is 0 Å². The number of anilines is 2. The first-order valence-corrected chi connectivity index (χ1v) is 11.0. The molecule has 3 aromatic rings. The van der Waals surface area contributed by atoms with E-state index in [1.54, 1.807) is 11.0 Å². The zero-order chi connectivity index (χ0) is 23.2. The van der Waals surface area contributed by atoms with Gasteiger partial charge in [-0.2, -0.15) is 10.1 Å². The molecule has 2 aliphatic rings. The van der Waals surface area contributed by atoms with Crippen LogP contribution in [0.15, 0.2) is 36.7 Å². The maximum atomic E-state index is 13.9. The Morgan fingerprint density at radius 1 is 0.970 bits per heavy atom. The number of hydrogen-bond acceptors (Lipinski definition) is 5. The Balaban J connectivity index is 1.41. The van der Waals surface area contributed by atoms with Crippen LogP contribution in [-0.4, -0.2) is 44.3 Å². The van der Waals surface area contributed by atoms with E-state index < -0.39 is 23.0 Å². The van der Waals surface area contributed by atoms with Crippen molar-refractivity contribution in [2.75, 3.05) is 22.9 Å². The highest BCUT2D eigenvalue weighted by Crippen LogP contribution is 2.42. The smallest absolute Gasteiger partial charge is 0.227 e. The average molecular weight is 477 g/mol. The van der Waals surface area contributed by atoms with Crippen LogP contribution in [0, 0.1) is 17.5 Å². The highest BCUT2D eigenvalue weighted by molar-refractivity contribution is 6.28. The molecule has 0 unspecified atom stereocenters. The highest BCUT2D eigenvalue weighted by Gasteiger charge is 2.45. The van der Waals surface area contributed by atoms with E-state index in [0.717, 1.165) is 31.2 Å². The predicted octanol–water partition coefficient (Wildman–Crippen LogP) is 4.29. The molecule has 0 radical (unpaired) electrons. The van der Waals surface area contributed by atoms with Gasteiger partial charge in [-0.3, -0.25) is 4.79 Å². The summed E-state index contributed by atoms with van der Waals surface area (Å²) in [6.45, 7) is 1.13. The van der Waals surface area contributed by atoms with Crippen LogP contribution in [0.3, 0.4) is 0 Å². The maximum absolute atomic E-state index is 13.9. The number of amides is 1. The van der Waals surface area contributed by atoms with Crippen LogP contribution in [0.4, 0.5) is 24.7 Å². The fourth-order valence-corrected chi connectivity index (χ4v) is 5.00. The quantitative estimate of drug-likeness (QED) is 0.528. The first-order chi connectivity index (χ1) is 15.8. The van der Waals surface area contributed by atoms with Gasteiger partial charge in [-0.15, -0.1) is 0 Å². The van der Waals surface area contributed by atoms with Crippen LogP contribution in [0.5, 0.6) is 0 Å². The molecule has 2 aliphatic heterocycles. The van der Waals surface area contributed by atoms with Crippen LogP contribution in [0.25, 0.3) is 5.82 Å². The Labute approximate surface area is 192 Å². The average Bonchev–Trinajstić information content (AvgIpc) is 3.23. The van der Waals surface area contributed by atoms with Gasteiger partial charge < -0.3 is 9.80 Å². The third-order valence-electron chi connectivity index (χ3n) is 6.39. The summed E-state index contributed by atoms with van der Waals surface area (Å²) in [6, 6.07) is 5.27. The standard InChI is InChI=1S/C22H20ClF3N6O/c23-21-28-18(11-19(29-21)31-13-14(24)12-27-31)30-8-6-22(7-9-30)5-1-2-20(33)32(22)15-3-4-16(25)17(26)10-15/h3-4,10-13H,1-2,5-9H2. The zero-order valence-electron chi connectivity index (χ0n) is 17.5. The second-order valence-corrected chi connectivity index (χ2v) is 8.69. The lowest BCUT2D eigenvalue weighted by Gasteiger charge is -2.51. The molecule has 4 heterocycles. The first kappa shape index (κ1) is 21.7. The third-order valence-corrected chi connectivity index (χ3v) is 6.56. The monoisotopic (exact) mass is 476 g/mol. The van der Waals surface area contributed by atoms with Gasteiger partial charge in [0.25, 0.3) is 0 Å². The summed E-state index contributed by atoms with van der Waals surface area (Å²) in [5.74, 6) is -1.60. The molecule has 0 N–H and O–H groups in total. The van der Waals surface area contributed by atoms with Gasteiger partial charge in [0.1, 0.15) is 5.82 Å². The van der Waals surface area contributed by atoms with Crippen molar-refractivity contribution in [1.29, 1.82) is 0 Å². The van der Waals surface area contributed by atoms with E-state index in [4.69, 9.17) is 11.6 Å². The fraction of sp³-hybridized carbons (Fsp3) is 0.364. The minimum Gasteiger partial charge on any atom is -0.356 e. The number of rotatable bonds is 3. The second kappa shape index (κ2) is 8.33. The zero-order valence-corrected chi connectivity index (χ0v) is 18.3. The van der Waals surface area contributed by atoms with Crippen LogP contribution in [-0.2, 0) is 4.79 Å². The van der Waals surface area contributed by atoms with Crippen molar-refractivity contribution in [2.24, 2.45) is 0 Å². The van der Waals surface area contributed by atoms with Crippen molar-refractivity contribution in [3.8, 4) is 5.82 Å². The predicted molar refractivity (Wildman–Crippen MR) is 116 cm³/mol. The SMILES string of the molecule is O=C1CCCC2(CCN(c3cc(-n4cc(F)cn4)nc(Cl)n3)CC2)N1c1ccc(F)c(F)c1. The summed E-state index contributed by atoms with van der Waals surface area (Å²) >= 11 is 6.12. The van der Waals surface area contributed by atoms with Crippen LogP contribution >= 0.6 is 11.6 Å². The molecule has 5 rings (SSSR count). The Bertz CT molecular complexity index is 1210. The van der Waals surface area contributed by atoms with Gasteiger partial charge in [0.05, 0.1) is 17.9 Å². The van der Waals surface area contributed by atoms with Crippen molar-refractivity contribution < 1.29 is 18.0 Å². The number of carbonyl (C=O) groups is 1. The highest BCUT2D eigenvalue weighted by atomic mass is 35.5. The van der Waals surface area contributed by atoms with E-state index in [1.165, 1.54) is 16.9 Å². The Kier molecular flexibility index (Phi) is 5.48. The normalized spacial score (nSPS) is 18.2. The molecule has 2 aromatic heterocycles. The number of nitrogens with zero attached hydrogens (tertiary/aromatic N) is 6. The molecule has 11 heteroatoms. The van der Waals surface area contributed by atoms with Gasteiger partial charge in [0, 0.05) is 37.3 Å². The van der Waals surface area contributed by atoms with E-state index in [0.29, 0.717) is 49.7 Å². The molecule has 2 fully saturated rings. The lowest BCUT2D eigenvalue weighted by atomic mass is 9.78. The van der Waals surface area contributed by atoms with Crippen LogP contribution in [0.2, 0.25) is 5.28 Å². The fourth-order valence-electron chi connectivity index (χ4n) is 4.82. The lowest BCUT2D eigenvalue weighted by Crippen LogP contribution is -2.60. The van der Waals surface area contributed by atoms with Crippen LogP contribution in [0.1, 0.15) is 32.1 Å². The molecule has 1 amide bonds. The van der Waals surface area contributed by atoms with Crippen molar-refractivity contribution >= 4 is 29.0 Å². The summed E-state index contributed by atoms with van der Waals surface area (Å²) in [7, 11) is 0. The van der Waals surface area contributed by atoms with Gasteiger partial charge >= 0.3 is 0 Å². The number of benzene rings is 1. The minimum absolute atomic E-state index is 0.00922. The molecule has 0 bridgehead atoms. The van der Waals surface area contributed by atoms with E-state index in [-0.39, 0.29) is 11.2 Å². The molecule has 2 saturated heterocycles. The molecule has 1 aromatic carbocycles. The summed E-state index contributed by atoms with van der Waals surface area (Å²) in [4.78, 5) is 25.0. The Morgan fingerprint density at radius 2 is 1.73 bits per heavy atom. The van der Waals surface area contributed by atoms with E-state index in [2.05, 4.69) is 15.1 Å². The number of hydrogen-bond donors (Lipinski definition) is 0. The van der Waals surface area contributed by atoms with Crippen molar-refractivity contribution in [1.82, 2.24) is 19.7 Å². The van der Waals surface area contributed by atoms with Crippen molar-refractivity contribution in [3.05, 3.63) is 59.4 Å². The van der Waals surface area contributed by atoms with E-state index in [1.807, 2.05) is 4.90 Å². The molecule has 0 saturated carbocycles. The Hall–Kier alpha value is -3.14. The molecule has 172 valence electrons. The van der Waals surface area contributed by atoms with Gasteiger partial charge in [-0.05, 0) is 49.4 Å². The number of halogens is 4. The number of piperidine rings is 2. The maximum Gasteiger partial charge on any atom is 0.227 e. The molecule has 0 atom stereocenters. The minimum atomic E-state index is -0.975. The Morgan fingerprint density at radius 3 is 2.42 bits per heavy atom. The summed E-state index contributed by atoms with van der Waals surface area (Å²) in [5, 5.41) is 3.93. The summed E-state index contributed by atoms with van der Waals surface area (Å²) in [6.07, 6.45) is 5.39. The van der Waals surface area contributed by atoms with Gasteiger partial charge in [-0.1, -0.05) is 0 Å². The van der Waals surface area contributed by atoms with Gasteiger partial charge in [0.15, 0.2) is 23.3 Å². The van der Waals surface area contributed by atoms with Crippen LogP contribution < -0.4 is 9.80 Å². The van der Waals surface area contributed by atoms with Gasteiger partial charge in [0.2, 0.25) is 11.2 Å². The molecule has 0 aliphatic carbocycles. The lowest BCUT2D eigenvalue weighted by molar-refractivity contribution is -0.121. The van der Waals surface area contributed by atoms with Gasteiger partial charge in [-0.25, -0.2) is 22.8 Å². The summed E-state index contributed by atoms with van der Waals surface area (Å²) < 4.78 is 42.1. The third kappa shape index (κ3) is 4.03.